The number of anilines is 1. The van der Waals surface area contributed by atoms with E-state index in [4.69, 9.17) is 0 Å². The molecule has 0 bridgehead atoms. The summed E-state index contributed by atoms with van der Waals surface area (Å²) in [6.45, 7) is 5.99. The minimum absolute atomic E-state index is 0. The maximum Gasteiger partial charge on any atom is 0.222 e. The van der Waals surface area contributed by atoms with Gasteiger partial charge in [0.2, 0.25) is 5.91 Å². The molecule has 2 heterocycles. The summed E-state index contributed by atoms with van der Waals surface area (Å²) in [7, 11) is 0. The number of nitrogens with one attached hydrogen (secondary N) is 1. The van der Waals surface area contributed by atoms with Gasteiger partial charge in [-0.25, -0.2) is 0 Å². The van der Waals surface area contributed by atoms with Crippen molar-refractivity contribution in [1.29, 1.82) is 0 Å². The number of halogens is 1. The zero-order chi connectivity index (χ0) is 17.1. The number of amides is 1. The largest absolute Gasteiger partial charge is 0.384 e. The van der Waals surface area contributed by atoms with Crippen molar-refractivity contribution in [2.45, 2.75) is 51.5 Å². The third-order valence-corrected chi connectivity index (χ3v) is 6.21. The van der Waals surface area contributed by atoms with E-state index in [1.807, 2.05) is 0 Å². The smallest absolute Gasteiger partial charge is 0.222 e. The standard InChI is InChI=1S/C21H31N3O.ClH/c25-20(15-17-5-1-2-6-17)24-12-4-11-23(13-14-24)16-19-8-3-7-18-9-10-22-21(18)19;/h3,7-8,17,22H,1-2,4-6,9-16H2;1H. The molecule has 1 aromatic carbocycles. The normalized spacial score (nSPS) is 21.0. The first-order valence-electron chi connectivity index (χ1n) is 10.1. The van der Waals surface area contributed by atoms with Crippen LogP contribution in [-0.4, -0.2) is 48.4 Å². The van der Waals surface area contributed by atoms with Crippen molar-refractivity contribution in [2.75, 3.05) is 38.0 Å². The first kappa shape index (κ1) is 19.5. The zero-order valence-corrected chi connectivity index (χ0v) is 16.5. The van der Waals surface area contributed by atoms with Crippen molar-refractivity contribution in [3.8, 4) is 0 Å². The number of fused-ring (bicyclic) bond motifs is 1. The summed E-state index contributed by atoms with van der Waals surface area (Å²) in [6.07, 6.45) is 8.19. The minimum Gasteiger partial charge on any atom is -0.384 e. The Labute approximate surface area is 163 Å². The number of hydrogen-bond donors (Lipinski definition) is 1. The SMILES string of the molecule is Cl.O=C(CC1CCCC1)N1CCCN(Cc2cccc3c2NCC3)CC1. The van der Waals surface area contributed by atoms with Gasteiger partial charge in [0.1, 0.15) is 0 Å². The van der Waals surface area contributed by atoms with Crippen molar-refractivity contribution >= 4 is 24.0 Å². The molecule has 1 N–H and O–H groups in total. The first-order valence-corrected chi connectivity index (χ1v) is 10.1. The Balaban J connectivity index is 0.00000196. The fraction of sp³-hybridized carbons (Fsp3) is 0.667. The monoisotopic (exact) mass is 377 g/mol. The van der Waals surface area contributed by atoms with Crippen molar-refractivity contribution in [1.82, 2.24) is 9.80 Å². The quantitative estimate of drug-likeness (QED) is 0.869. The lowest BCUT2D eigenvalue weighted by atomic mass is 10.0. The van der Waals surface area contributed by atoms with Gasteiger partial charge in [0.05, 0.1) is 0 Å². The van der Waals surface area contributed by atoms with Gasteiger partial charge in [0.25, 0.3) is 0 Å². The van der Waals surface area contributed by atoms with Crippen LogP contribution in [0.5, 0.6) is 0 Å². The maximum atomic E-state index is 12.6. The number of nitrogens with zero attached hydrogens (tertiary/aromatic N) is 2. The number of hydrogen-bond acceptors (Lipinski definition) is 3. The first-order chi connectivity index (χ1) is 12.3. The van der Waals surface area contributed by atoms with Crippen molar-refractivity contribution in [3.05, 3.63) is 29.3 Å². The van der Waals surface area contributed by atoms with Crippen LogP contribution in [0.25, 0.3) is 0 Å². The fourth-order valence-corrected chi connectivity index (χ4v) is 4.75. The average molecular weight is 378 g/mol. The number of carbonyl (C=O) groups is 1. The molecule has 0 atom stereocenters. The Morgan fingerprint density at radius 2 is 1.92 bits per heavy atom. The number of carbonyl (C=O) groups excluding carboxylic acids is 1. The second-order valence-corrected chi connectivity index (χ2v) is 7.99. The molecule has 2 aliphatic heterocycles. The molecule has 1 aromatic rings. The second kappa shape index (κ2) is 9.09. The molecule has 4 nitrogen and oxygen atoms in total. The van der Waals surface area contributed by atoms with E-state index in [-0.39, 0.29) is 12.4 Å². The van der Waals surface area contributed by atoms with Gasteiger partial charge in [-0.05, 0) is 42.7 Å². The minimum atomic E-state index is 0. The van der Waals surface area contributed by atoms with Crippen LogP contribution < -0.4 is 5.32 Å². The van der Waals surface area contributed by atoms with E-state index in [1.54, 1.807) is 0 Å². The molecule has 2 fully saturated rings. The highest BCUT2D eigenvalue weighted by molar-refractivity contribution is 5.85. The lowest BCUT2D eigenvalue weighted by Crippen LogP contribution is -2.35. The third kappa shape index (κ3) is 4.52. The highest BCUT2D eigenvalue weighted by Crippen LogP contribution is 2.29. The van der Waals surface area contributed by atoms with Gasteiger partial charge in [-0.3, -0.25) is 9.69 Å². The molecular weight excluding hydrogens is 346 g/mol. The van der Waals surface area contributed by atoms with Crippen molar-refractivity contribution < 1.29 is 4.79 Å². The number of rotatable bonds is 4. The molecule has 4 rings (SSSR count). The molecule has 3 aliphatic rings. The number of para-hydroxylation sites is 1. The molecule has 26 heavy (non-hydrogen) atoms. The van der Waals surface area contributed by atoms with Crippen LogP contribution in [0.4, 0.5) is 5.69 Å². The highest BCUT2D eigenvalue weighted by Gasteiger charge is 2.24. The van der Waals surface area contributed by atoms with Gasteiger partial charge in [-0.15, -0.1) is 12.4 Å². The van der Waals surface area contributed by atoms with E-state index in [1.165, 1.54) is 42.5 Å². The molecule has 0 aromatic heterocycles. The van der Waals surface area contributed by atoms with Crippen LogP contribution in [0.2, 0.25) is 0 Å². The van der Waals surface area contributed by atoms with Gasteiger partial charge in [-0.1, -0.05) is 31.0 Å². The predicted molar refractivity (Wildman–Crippen MR) is 109 cm³/mol. The Morgan fingerprint density at radius 1 is 1.08 bits per heavy atom. The molecule has 1 aliphatic carbocycles. The van der Waals surface area contributed by atoms with Crippen molar-refractivity contribution in [2.24, 2.45) is 5.92 Å². The van der Waals surface area contributed by atoms with E-state index < -0.39 is 0 Å². The molecule has 144 valence electrons. The molecule has 0 radical (unpaired) electrons. The van der Waals surface area contributed by atoms with Gasteiger partial charge >= 0.3 is 0 Å². The van der Waals surface area contributed by atoms with E-state index in [9.17, 15) is 4.79 Å². The van der Waals surface area contributed by atoms with E-state index in [2.05, 4.69) is 33.3 Å². The molecule has 0 spiro atoms. The molecular formula is C21H32ClN3O. The van der Waals surface area contributed by atoms with Gasteiger partial charge < -0.3 is 10.2 Å². The fourth-order valence-electron chi connectivity index (χ4n) is 4.75. The number of benzene rings is 1. The summed E-state index contributed by atoms with van der Waals surface area (Å²) in [5.74, 6) is 1.06. The van der Waals surface area contributed by atoms with E-state index in [0.717, 1.165) is 58.5 Å². The second-order valence-electron chi connectivity index (χ2n) is 7.99. The highest BCUT2D eigenvalue weighted by atomic mass is 35.5. The van der Waals surface area contributed by atoms with Crippen molar-refractivity contribution in [3.63, 3.8) is 0 Å². The maximum absolute atomic E-state index is 12.6. The topological polar surface area (TPSA) is 35.6 Å². The van der Waals surface area contributed by atoms with E-state index >= 15 is 0 Å². The van der Waals surface area contributed by atoms with E-state index in [0.29, 0.717) is 11.8 Å². The van der Waals surface area contributed by atoms with Crippen LogP contribution in [0, 0.1) is 5.92 Å². The summed E-state index contributed by atoms with van der Waals surface area (Å²) in [5.41, 5.74) is 4.24. The van der Waals surface area contributed by atoms with Gasteiger partial charge in [0, 0.05) is 51.4 Å². The summed E-state index contributed by atoms with van der Waals surface area (Å²) in [5, 5.41) is 3.55. The molecule has 1 saturated heterocycles. The van der Waals surface area contributed by atoms with Gasteiger partial charge in [0.15, 0.2) is 0 Å². The summed E-state index contributed by atoms with van der Waals surface area (Å²) in [6, 6.07) is 6.69. The van der Waals surface area contributed by atoms with Crippen LogP contribution >= 0.6 is 12.4 Å². The molecule has 1 amide bonds. The third-order valence-electron chi connectivity index (χ3n) is 6.21. The summed E-state index contributed by atoms with van der Waals surface area (Å²) in [4.78, 5) is 17.3. The zero-order valence-electron chi connectivity index (χ0n) is 15.7. The average Bonchev–Trinajstić information content (AvgIpc) is 3.24. The Hall–Kier alpha value is -1.26. The lowest BCUT2D eigenvalue weighted by Gasteiger charge is -2.24. The Morgan fingerprint density at radius 3 is 2.77 bits per heavy atom. The molecule has 5 heteroatoms. The van der Waals surface area contributed by atoms with Gasteiger partial charge in [-0.2, -0.15) is 0 Å². The predicted octanol–water partition coefficient (Wildman–Crippen LogP) is 3.69. The summed E-state index contributed by atoms with van der Waals surface area (Å²) >= 11 is 0. The Kier molecular flexibility index (Phi) is 6.82. The lowest BCUT2D eigenvalue weighted by molar-refractivity contribution is -0.132. The Bertz CT molecular complexity index is 615. The van der Waals surface area contributed by atoms with Crippen LogP contribution in [-0.2, 0) is 17.8 Å². The van der Waals surface area contributed by atoms with Crippen LogP contribution in [0.3, 0.4) is 0 Å². The van der Waals surface area contributed by atoms with Crippen LogP contribution in [0.15, 0.2) is 18.2 Å². The molecule has 0 unspecified atom stereocenters. The molecule has 1 saturated carbocycles. The summed E-state index contributed by atoms with van der Waals surface area (Å²) < 4.78 is 0. The van der Waals surface area contributed by atoms with Crippen LogP contribution in [0.1, 0.15) is 49.7 Å².